The van der Waals surface area contributed by atoms with Gasteiger partial charge in [-0.3, -0.25) is 4.79 Å². The second-order valence-electron chi connectivity index (χ2n) is 8.61. The van der Waals surface area contributed by atoms with Crippen LogP contribution in [0.5, 0.6) is 0 Å². The molecule has 2 aliphatic rings. The monoisotopic (exact) mass is 380 g/mol. The normalized spacial score (nSPS) is 24.6. The van der Waals surface area contributed by atoms with Gasteiger partial charge in [-0.15, -0.1) is 0 Å². The predicted octanol–water partition coefficient (Wildman–Crippen LogP) is 5.07. The van der Waals surface area contributed by atoms with E-state index in [-0.39, 0.29) is 11.9 Å². The number of carbonyl (C=O) groups is 1. The number of carbonyl (C=O) groups excluding carboxylic acids is 1. The largest absolute Gasteiger partial charge is 0.466 e. The summed E-state index contributed by atoms with van der Waals surface area (Å²) in [5.74, 6) is 2.31. The molecule has 1 aliphatic heterocycles. The molecule has 1 aromatic carbocycles. The highest BCUT2D eigenvalue weighted by Crippen LogP contribution is 2.41. The van der Waals surface area contributed by atoms with Crippen LogP contribution in [0.1, 0.15) is 79.1 Å². The lowest BCUT2D eigenvalue weighted by Crippen LogP contribution is -2.28. The van der Waals surface area contributed by atoms with Gasteiger partial charge in [0.15, 0.2) is 0 Å². The van der Waals surface area contributed by atoms with Gasteiger partial charge < -0.3 is 9.30 Å². The highest BCUT2D eigenvalue weighted by Gasteiger charge is 2.30. The minimum atomic E-state index is -0.0581. The minimum absolute atomic E-state index is 0.0185. The van der Waals surface area contributed by atoms with Gasteiger partial charge in [-0.25, -0.2) is 4.98 Å². The molecule has 0 N–H and O–H groups in total. The molecule has 0 saturated heterocycles. The zero-order chi connectivity index (χ0) is 19.7. The molecule has 2 aromatic rings. The van der Waals surface area contributed by atoms with Crippen LogP contribution in [0.15, 0.2) is 24.4 Å². The molecule has 1 fully saturated rings. The number of imidazole rings is 1. The number of hydrogen-bond donors (Lipinski definition) is 0. The van der Waals surface area contributed by atoms with Gasteiger partial charge in [0.25, 0.3) is 0 Å². The van der Waals surface area contributed by atoms with Crippen molar-refractivity contribution < 1.29 is 9.53 Å². The van der Waals surface area contributed by atoms with Gasteiger partial charge in [0.05, 0.1) is 18.2 Å². The van der Waals surface area contributed by atoms with Crippen molar-refractivity contribution in [3.8, 4) is 0 Å². The Morgan fingerprint density at radius 3 is 2.57 bits per heavy atom. The van der Waals surface area contributed by atoms with E-state index < -0.39 is 0 Å². The third kappa shape index (κ3) is 3.87. The number of hydrogen-bond acceptors (Lipinski definition) is 3. The van der Waals surface area contributed by atoms with E-state index in [2.05, 4.69) is 42.8 Å². The highest BCUT2D eigenvalue weighted by molar-refractivity contribution is 5.72. The zero-order valence-corrected chi connectivity index (χ0v) is 17.4. The van der Waals surface area contributed by atoms with E-state index in [4.69, 9.17) is 9.72 Å². The maximum absolute atomic E-state index is 12.1. The second-order valence-corrected chi connectivity index (χ2v) is 8.61. The molecule has 150 valence electrons. The summed E-state index contributed by atoms with van der Waals surface area (Å²) in [5, 5.41) is 0. The zero-order valence-electron chi connectivity index (χ0n) is 17.4. The van der Waals surface area contributed by atoms with Crippen LogP contribution in [0.4, 0.5) is 0 Å². The molecular formula is C24H32N2O2. The first-order chi connectivity index (χ1) is 13.5. The predicted molar refractivity (Wildman–Crippen MR) is 111 cm³/mol. The van der Waals surface area contributed by atoms with Crippen molar-refractivity contribution in [2.45, 2.75) is 77.7 Å². The Balaban J connectivity index is 1.39. The standard InChI is InChI=1S/C24H32N2O2/c1-4-28-24(27)21-11-12-23-25-22(15-26(23)14-21)19-9-7-18(8-10-19)20-6-5-16(2)17(3)13-20/h5-6,13,15,18-19,21H,4,7-12,14H2,1-3H3. The van der Waals surface area contributed by atoms with E-state index >= 15 is 0 Å². The summed E-state index contributed by atoms with van der Waals surface area (Å²) in [5.41, 5.74) is 5.51. The van der Waals surface area contributed by atoms with Crippen molar-refractivity contribution >= 4 is 5.97 Å². The van der Waals surface area contributed by atoms with E-state index in [9.17, 15) is 4.79 Å². The van der Waals surface area contributed by atoms with Gasteiger partial charge in [-0.2, -0.15) is 0 Å². The number of esters is 1. The van der Waals surface area contributed by atoms with Crippen LogP contribution < -0.4 is 0 Å². The summed E-state index contributed by atoms with van der Waals surface area (Å²) in [4.78, 5) is 17.0. The van der Waals surface area contributed by atoms with Gasteiger partial charge in [-0.1, -0.05) is 18.2 Å². The quantitative estimate of drug-likeness (QED) is 0.696. The lowest BCUT2D eigenvalue weighted by Gasteiger charge is -2.28. The summed E-state index contributed by atoms with van der Waals surface area (Å²) in [6.07, 6.45) is 8.82. The van der Waals surface area contributed by atoms with Crippen LogP contribution in [-0.2, 0) is 22.5 Å². The molecule has 1 aliphatic carbocycles. The van der Waals surface area contributed by atoms with Crippen LogP contribution >= 0.6 is 0 Å². The number of benzene rings is 1. The summed E-state index contributed by atoms with van der Waals surface area (Å²) < 4.78 is 7.42. The third-order valence-electron chi connectivity index (χ3n) is 6.78. The van der Waals surface area contributed by atoms with Crippen LogP contribution in [-0.4, -0.2) is 22.1 Å². The van der Waals surface area contributed by atoms with Gasteiger partial charge >= 0.3 is 5.97 Å². The van der Waals surface area contributed by atoms with Crippen molar-refractivity contribution in [2.75, 3.05) is 6.61 Å². The maximum atomic E-state index is 12.1. The van der Waals surface area contributed by atoms with Crippen LogP contribution in [0.2, 0.25) is 0 Å². The Hall–Kier alpha value is -2.10. The molecule has 1 saturated carbocycles. The molecule has 1 aromatic heterocycles. The Kier molecular flexibility index (Phi) is 5.56. The first-order valence-corrected chi connectivity index (χ1v) is 10.8. The topological polar surface area (TPSA) is 44.1 Å². The Bertz CT molecular complexity index is 846. The number of ether oxygens (including phenoxy) is 1. The number of aromatic nitrogens is 2. The maximum Gasteiger partial charge on any atom is 0.310 e. The molecule has 2 heterocycles. The SMILES string of the molecule is CCOC(=O)C1CCc2nc(C3CCC(c4ccc(C)c(C)c4)CC3)cn2C1. The summed E-state index contributed by atoms with van der Waals surface area (Å²) in [6.45, 7) is 7.45. The van der Waals surface area contributed by atoms with Gasteiger partial charge in [0.2, 0.25) is 0 Å². The third-order valence-corrected chi connectivity index (χ3v) is 6.78. The average molecular weight is 381 g/mol. The molecule has 0 radical (unpaired) electrons. The number of nitrogens with zero attached hydrogens (tertiary/aromatic N) is 2. The van der Waals surface area contributed by atoms with Crippen LogP contribution in [0.25, 0.3) is 0 Å². The lowest BCUT2D eigenvalue weighted by atomic mass is 9.77. The molecule has 4 nitrogen and oxygen atoms in total. The Labute approximate surface area is 168 Å². The molecule has 28 heavy (non-hydrogen) atoms. The van der Waals surface area contributed by atoms with E-state index in [1.807, 2.05) is 6.92 Å². The van der Waals surface area contributed by atoms with Crippen molar-refractivity contribution in [1.29, 1.82) is 0 Å². The van der Waals surface area contributed by atoms with E-state index in [0.29, 0.717) is 18.4 Å². The Morgan fingerprint density at radius 1 is 1.11 bits per heavy atom. The molecule has 4 rings (SSSR count). The molecule has 1 atom stereocenters. The fourth-order valence-corrected chi connectivity index (χ4v) is 4.86. The van der Waals surface area contributed by atoms with Crippen molar-refractivity contribution in [3.05, 3.63) is 52.6 Å². The Morgan fingerprint density at radius 2 is 1.86 bits per heavy atom. The van der Waals surface area contributed by atoms with Crippen LogP contribution in [0.3, 0.4) is 0 Å². The number of fused-ring (bicyclic) bond motifs is 1. The smallest absolute Gasteiger partial charge is 0.310 e. The van der Waals surface area contributed by atoms with E-state index in [1.165, 1.54) is 48.1 Å². The fourth-order valence-electron chi connectivity index (χ4n) is 4.86. The lowest BCUT2D eigenvalue weighted by molar-refractivity contribution is -0.149. The molecule has 0 bridgehead atoms. The fraction of sp³-hybridized carbons (Fsp3) is 0.583. The summed E-state index contributed by atoms with van der Waals surface area (Å²) in [6, 6.07) is 6.96. The highest BCUT2D eigenvalue weighted by atomic mass is 16.5. The van der Waals surface area contributed by atoms with Crippen LogP contribution in [0, 0.1) is 19.8 Å². The van der Waals surface area contributed by atoms with Gasteiger partial charge in [0.1, 0.15) is 5.82 Å². The van der Waals surface area contributed by atoms with E-state index in [1.54, 1.807) is 0 Å². The molecule has 1 unspecified atom stereocenters. The first-order valence-electron chi connectivity index (χ1n) is 10.8. The van der Waals surface area contributed by atoms with Crippen molar-refractivity contribution in [3.63, 3.8) is 0 Å². The molecule has 0 amide bonds. The average Bonchev–Trinajstić information content (AvgIpc) is 3.14. The molecule has 0 spiro atoms. The van der Waals surface area contributed by atoms with Crippen molar-refractivity contribution in [2.24, 2.45) is 5.92 Å². The van der Waals surface area contributed by atoms with Crippen molar-refractivity contribution in [1.82, 2.24) is 9.55 Å². The molecule has 4 heteroatoms. The first kappa shape index (κ1) is 19.2. The second kappa shape index (κ2) is 8.10. The van der Waals surface area contributed by atoms with Gasteiger partial charge in [0, 0.05) is 25.1 Å². The van der Waals surface area contributed by atoms with Gasteiger partial charge in [-0.05, 0) is 75.5 Å². The minimum Gasteiger partial charge on any atom is -0.466 e. The summed E-state index contributed by atoms with van der Waals surface area (Å²) >= 11 is 0. The van der Waals surface area contributed by atoms with E-state index in [0.717, 1.165) is 25.2 Å². The summed E-state index contributed by atoms with van der Waals surface area (Å²) in [7, 11) is 0. The number of aryl methyl sites for hydroxylation is 3. The number of rotatable bonds is 4. The molecular weight excluding hydrogens is 348 g/mol.